The normalized spacial score (nSPS) is 19.2. The number of aromatic nitrogens is 1. The highest BCUT2D eigenvalue weighted by Gasteiger charge is 2.32. The van der Waals surface area contributed by atoms with E-state index in [9.17, 15) is 23.2 Å². The quantitative estimate of drug-likeness (QED) is 0.385. The van der Waals surface area contributed by atoms with E-state index in [2.05, 4.69) is 10.3 Å². The molecule has 44 heavy (non-hydrogen) atoms. The molecule has 228 valence electrons. The number of likely N-dealkylation sites (tertiary alicyclic amines) is 2. The smallest absolute Gasteiger partial charge is 0.272 e. The number of ether oxygens (including phenoxy) is 1. The molecule has 0 spiro atoms. The van der Waals surface area contributed by atoms with Gasteiger partial charge in [-0.3, -0.25) is 24.3 Å². The zero-order valence-corrected chi connectivity index (χ0v) is 24.3. The van der Waals surface area contributed by atoms with Crippen molar-refractivity contribution in [3.8, 4) is 11.8 Å². The Morgan fingerprint density at radius 3 is 2.36 bits per heavy atom. The Balaban J connectivity index is 1.09. The number of pyridine rings is 1. The summed E-state index contributed by atoms with van der Waals surface area (Å²) in [6.45, 7) is 1.75. The molecule has 2 fully saturated rings. The minimum Gasteiger partial charge on any atom is -0.497 e. The third-order valence-corrected chi connectivity index (χ3v) is 8.27. The number of alkyl halides is 1. The number of Topliss-reactive ketones (excluding diaryl/α,β-unsaturated/α-hetero) is 1. The molecular weight excluding hydrogens is 568 g/mol. The second-order valence-corrected chi connectivity index (χ2v) is 11.1. The van der Waals surface area contributed by atoms with E-state index in [0.29, 0.717) is 62.3 Å². The van der Waals surface area contributed by atoms with Crippen LogP contribution in [0.2, 0.25) is 0 Å². The Labute approximate surface area is 254 Å². The molecule has 3 heterocycles. The van der Waals surface area contributed by atoms with Crippen LogP contribution < -0.4 is 10.1 Å². The van der Waals surface area contributed by atoms with Crippen molar-refractivity contribution in [3.63, 3.8) is 0 Å². The number of carbonyl (C=O) groups excluding carboxylic acids is 3. The van der Waals surface area contributed by atoms with Gasteiger partial charge >= 0.3 is 0 Å². The molecule has 2 saturated heterocycles. The van der Waals surface area contributed by atoms with Crippen molar-refractivity contribution in [1.82, 2.24) is 20.1 Å². The van der Waals surface area contributed by atoms with Gasteiger partial charge in [0.05, 0.1) is 24.3 Å². The standard InChI is InChI=1S/C33H33F2N5O4/c1-44-26-7-4-22(5-8-26)31(41)23-10-14-40(15-11-23)33(43)30-9-6-25(18-37-30)32(42)38-29-12-13-39(20-28(29)35)19-21-2-3-24(17-36)27(34)16-21/h2-9,16,18,23,28-29H,10-15,19-20H2,1H3,(H,38,42)/t28-,29-/m0/s1. The SMILES string of the molecule is COc1ccc(C(=O)C2CCN(C(=O)c3ccc(C(=O)N[C@H]4CCN(Cc5ccc(C#N)c(F)c5)C[C@@H]4F)cn3)CC2)cc1. The van der Waals surface area contributed by atoms with Crippen LogP contribution in [0.5, 0.6) is 5.75 Å². The van der Waals surface area contributed by atoms with Crippen molar-refractivity contribution in [2.75, 3.05) is 33.3 Å². The first-order valence-electron chi connectivity index (χ1n) is 14.5. The number of nitriles is 1. The maximum Gasteiger partial charge on any atom is 0.272 e. The zero-order valence-electron chi connectivity index (χ0n) is 24.3. The lowest BCUT2D eigenvalue weighted by Crippen LogP contribution is -2.52. The van der Waals surface area contributed by atoms with E-state index < -0.39 is 23.9 Å². The predicted octanol–water partition coefficient (Wildman–Crippen LogP) is 4.18. The van der Waals surface area contributed by atoms with Gasteiger partial charge in [-0.25, -0.2) is 8.78 Å². The van der Waals surface area contributed by atoms with Crippen molar-refractivity contribution in [3.05, 3.63) is 94.6 Å². The predicted molar refractivity (Wildman–Crippen MR) is 157 cm³/mol. The number of ketones is 1. The Bertz CT molecular complexity index is 1550. The highest BCUT2D eigenvalue weighted by atomic mass is 19.1. The lowest BCUT2D eigenvalue weighted by Gasteiger charge is -2.35. The van der Waals surface area contributed by atoms with E-state index in [1.54, 1.807) is 48.4 Å². The molecule has 2 atom stereocenters. The number of methoxy groups -OCH3 is 1. The van der Waals surface area contributed by atoms with Gasteiger partial charge in [-0.1, -0.05) is 6.07 Å². The first kappa shape index (κ1) is 30.8. The third kappa shape index (κ3) is 7.09. The number of hydrogen-bond donors (Lipinski definition) is 1. The first-order valence-corrected chi connectivity index (χ1v) is 14.5. The van der Waals surface area contributed by atoms with Gasteiger partial charge in [-0.2, -0.15) is 5.26 Å². The van der Waals surface area contributed by atoms with Gasteiger partial charge in [0.1, 0.15) is 29.5 Å². The van der Waals surface area contributed by atoms with Crippen molar-refractivity contribution >= 4 is 17.6 Å². The van der Waals surface area contributed by atoms with Gasteiger partial charge in [0, 0.05) is 50.4 Å². The number of nitrogens with one attached hydrogen (secondary N) is 1. The average Bonchev–Trinajstić information content (AvgIpc) is 3.05. The summed E-state index contributed by atoms with van der Waals surface area (Å²) in [5.41, 5.74) is 1.63. The zero-order chi connectivity index (χ0) is 31.2. The Morgan fingerprint density at radius 1 is 1.02 bits per heavy atom. The van der Waals surface area contributed by atoms with E-state index in [4.69, 9.17) is 10.00 Å². The molecule has 3 aromatic rings. The lowest BCUT2D eigenvalue weighted by molar-refractivity contribution is 0.0645. The highest BCUT2D eigenvalue weighted by Crippen LogP contribution is 2.24. The molecule has 0 radical (unpaired) electrons. The summed E-state index contributed by atoms with van der Waals surface area (Å²) < 4.78 is 34.1. The molecule has 2 aliphatic heterocycles. The van der Waals surface area contributed by atoms with Crippen molar-refractivity contribution in [2.24, 2.45) is 5.92 Å². The van der Waals surface area contributed by atoms with Crippen LogP contribution in [0, 0.1) is 23.1 Å². The molecule has 9 nitrogen and oxygen atoms in total. The maximum absolute atomic E-state index is 15.0. The van der Waals surface area contributed by atoms with E-state index in [1.807, 2.05) is 4.90 Å². The Morgan fingerprint density at radius 2 is 1.75 bits per heavy atom. The second-order valence-electron chi connectivity index (χ2n) is 11.1. The number of halogens is 2. The van der Waals surface area contributed by atoms with Crippen LogP contribution in [0.15, 0.2) is 60.8 Å². The molecule has 2 amide bonds. The molecule has 2 aromatic carbocycles. The van der Waals surface area contributed by atoms with Crippen LogP contribution in [0.4, 0.5) is 8.78 Å². The fraction of sp³-hybridized carbons (Fsp3) is 0.364. The van der Waals surface area contributed by atoms with Crippen LogP contribution in [-0.2, 0) is 6.54 Å². The summed E-state index contributed by atoms with van der Waals surface area (Å²) in [5, 5.41) is 11.6. The molecule has 0 aliphatic carbocycles. The van der Waals surface area contributed by atoms with Crippen molar-refractivity contribution in [2.45, 2.75) is 38.0 Å². The fourth-order valence-corrected chi connectivity index (χ4v) is 5.68. The molecule has 0 bridgehead atoms. The summed E-state index contributed by atoms with van der Waals surface area (Å²) in [6, 6.07) is 15.4. The number of nitrogens with zero attached hydrogens (tertiary/aromatic N) is 4. The van der Waals surface area contributed by atoms with Crippen LogP contribution in [0.3, 0.4) is 0 Å². The fourth-order valence-electron chi connectivity index (χ4n) is 5.68. The van der Waals surface area contributed by atoms with Gasteiger partial charge < -0.3 is 15.0 Å². The molecule has 2 aliphatic rings. The number of hydrogen-bond acceptors (Lipinski definition) is 7. The van der Waals surface area contributed by atoms with E-state index >= 15 is 0 Å². The Hall–Kier alpha value is -4.69. The van der Waals surface area contributed by atoms with Gasteiger partial charge in [-0.15, -0.1) is 0 Å². The summed E-state index contributed by atoms with van der Waals surface area (Å²) >= 11 is 0. The summed E-state index contributed by atoms with van der Waals surface area (Å²) in [6.07, 6.45) is 1.44. The molecule has 0 saturated carbocycles. The molecular formula is C33H33F2N5O4. The van der Waals surface area contributed by atoms with Crippen molar-refractivity contribution in [1.29, 1.82) is 5.26 Å². The van der Waals surface area contributed by atoms with Gasteiger partial charge in [-0.05, 0) is 73.4 Å². The number of piperidine rings is 2. The molecule has 5 rings (SSSR count). The number of amides is 2. The summed E-state index contributed by atoms with van der Waals surface area (Å²) in [5.74, 6) is -0.794. The Kier molecular flexibility index (Phi) is 9.60. The van der Waals surface area contributed by atoms with Gasteiger partial charge in [0.15, 0.2) is 5.78 Å². The number of benzene rings is 2. The topological polar surface area (TPSA) is 116 Å². The lowest BCUT2D eigenvalue weighted by atomic mass is 9.88. The first-order chi connectivity index (χ1) is 21.2. The van der Waals surface area contributed by atoms with E-state index in [0.717, 1.165) is 0 Å². The highest BCUT2D eigenvalue weighted by molar-refractivity contribution is 5.99. The number of rotatable bonds is 8. The maximum atomic E-state index is 15.0. The van der Waals surface area contributed by atoms with Crippen molar-refractivity contribution < 1.29 is 27.9 Å². The largest absolute Gasteiger partial charge is 0.497 e. The molecule has 1 aromatic heterocycles. The van der Waals surface area contributed by atoms with Gasteiger partial charge in [0.2, 0.25) is 0 Å². The third-order valence-electron chi connectivity index (χ3n) is 8.27. The monoisotopic (exact) mass is 601 g/mol. The summed E-state index contributed by atoms with van der Waals surface area (Å²) in [4.78, 5) is 46.5. The van der Waals surface area contributed by atoms with E-state index in [-0.39, 0.29) is 41.0 Å². The van der Waals surface area contributed by atoms with E-state index in [1.165, 1.54) is 30.5 Å². The minimum absolute atomic E-state index is 0.0376. The molecule has 0 unspecified atom stereocenters. The van der Waals surface area contributed by atoms with Crippen LogP contribution >= 0.6 is 0 Å². The average molecular weight is 602 g/mol. The second kappa shape index (κ2) is 13.7. The van der Waals surface area contributed by atoms with Crippen LogP contribution in [0.1, 0.15) is 61.6 Å². The minimum atomic E-state index is -1.33. The molecule has 11 heteroatoms. The van der Waals surface area contributed by atoms with Crippen LogP contribution in [-0.4, -0.2) is 77.9 Å². The number of carbonyl (C=O) groups is 3. The molecule has 1 N–H and O–H groups in total. The van der Waals surface area contributed by atoms with Crippen LogP contribution in [0.25, 0.3) is 0 Å². The van der Waals surface area contributed by atoms with Gasteiger partial charge in [0.25, 0.3) is 11.8 Å². The summed E-state index contributed by atoms with van der Waals surface area (Å²) in [7, 11) is 1.57.